The zero-order valence-corrected chi connectivity index (χ0v) is 12.3. The van der Waals surface area contributed by atoms with Gasteiger partial charge in [0.2, 0.25) is 5.91 Å². The van der Waals surface area contributed by atoms with Gasteiger partial charge in [0.15, 0.2) is 0 Å². The van der Waals surface area contributed by atoms with Gasteiger partial charge in [0, 0.05) is 18.8 Å². The van der Waals surface area contributed by atoms with Crippen molar-refractivity contribution >= 4 is 15.9 Å². The van der Waals surface area contributed by atoms with Crippen molar-refractivity contribution in [1.82, 2.24) is 9.71 Å². The maximum atomic E-state index is 11.9. The fourth-order valence-electron chi connectivity index (χ4n) is 1.96. The molecular weight excluding hydrogens is 264 g/mol. The quantitative estimate of drug-likeness (QED) is 0.866. The lowest BCUT2D eigenvalue weighted by Gasteiger charge is -2.13. The lowest BCUT2D eigenvalue weighted by atomic mass is 9.96. The molecule has 1 amide bonds. The Kier molecular flexibility index (Phi) is 5.47. The molecule has 0 aliphatic carbocycles. The molecule has 0 spiro atoms. The van der Waals surface area contributed by atoms with Gasteiger partial charge >= 0.3 is 0 Å². The predicted octanol–water partition coefficient (Wildman–Crippen LogP) is 1.96. The summed E-state index contributed by atoms with van der Waals surface area (Å²) in [7, 11) is -3.80. The van der Waals surface area contributed by atoms with E-state index in [0.29, 0.717) is 5.92 Å². The van der Waals surface area contributed by atoms with E-state index in [4.69, 9.17) is 0 Å². The number of nitrogens with one attached hydrogen (secondary N) is 1. The number of carbonyl (C=O) groups is 1. The molecule has 0 aliphatic rings. The van der Waals surface area contributed by atoms with E-state index < -0.39 is 15.9 Å². The third-order valence-corrected chi connectivity index (χ3v) is 3.96. The third-order valence-electron chi connectivity index (χ3n) is 2.60. The van der Waals surface area contributed by atoms with Crippen molar-refractivity contribution in [3.8, 4) is 0 Å². The first kappa shape index (κ1) is 15.6. The number of amides is 1. The van der Waals surface area contributed by atoms with Gasteiger partial charge in [-0.25, -0.2) is 13.1 Å². The molecule has 1 heterocycles. The molecule has 1 rings (SSSR count). The fourth-order valence-corrected chi connectivity index (χ4v) is 2.92. The van der Waals surface area contributed by atoms with Crippen molar-refractivity contribution in [2.45, 2.75) is 38.5 Å². The SMILES string of the molecule is CC(C)CC(C)CC(=O)NS(=O)(=O)c1cccnc1. The number of pyridine rings is 1. The Bertz CT molecular complexity index is 512. The molecule has 6 heteroatoms. The molecule has 0 aromatic carbocycles. The summed E-state index contributed by atoms with van der Waals surface area (Å²) >= 11 is 0. The topological polar surface area (TPSA) is 76.1 Å². The van der Waals surface area contributed by atoms with Gasteiger partial charge in [-0.05, 0) is 30.4 Å². The van der Waals surface area contributed by atoms with E-state index in [1.165, 1.54) is 24.5 Å². The average Bonchev–Trinajstić information content (AvgIpc) is 2.27. The molecule has 19 heavy (non-hydrogen) atoms. The molecular formula is C13H20N2O3S. The predicted molar refractivity (Wildman–Crippen MR) is 72.8 cm³/mol. The number of sulfonamides is 1. The highest BCUT2D eigenvalue weighted by Gasteiger charge is 2.19. The van der Waals surface area contributed by atoms with Crippen LogP contribution in [0.1, 0.15) is 33.6 Å². The fraction of sp³-hybridized carbons (Fsp3) is 0.538. The Hall–Kier alpha value is -1.43. The average molecular weight is 284 g/mol. The molecule has 1 aromatic heterocycles. The second-order valence-corrected chi connectivity index (χ2v) is 6.84. The number of hydrogen-bond donors (Lipinski definition) is 1. The highest BCUT2D eigenvalue weighted by atomic mass is 32.2. The summed E-state index contributed by atoms with van der Waals surface area (Å²) in [4.78, 5) is 15.4. The summed E-state index contributed by atoms with van der Waals surface area (Å²) in [5, 5.41) is 0. The summed E-state index contributed by atoms with van der Waals surface area (Å²) in [6.07, 6.45) is 3.79. The van der Waals surface area contributed by atoms with Gasteiger partial charge in [0.25, 0.3) is 10.0 Å². The maximum Gasteiger partial charge on any atom is 0.265 e. The second kappa shape index (κ2) is 6.65. The zero-order chi connectivity index (χ0) is 14.5. The first-order valence-corrected chi connectivity index (χ1v) is 7.75. The van der Waals surface area contributed by atoms with Gasteiger partial charge in [-0.3, -0.25) is 9.78 Å². The number of aromatic nitrogens is 1. The Labute approximate surface area is 114 Å². The van der Waals surface area contributed by atoms with Crippen LogP contribution in [0, 0.1) is 11.8 Å². The van der Waals surface area contributed by atoms with Crippen molar-refractivity contribution in [2.75, 3.05) is 0 Å². The van der Waals surface area contributed by atoms with Crippen LogP contribution in [0.15, 0.2) is 29.4 Å². The Morgan fingerprint density at radius 1 is 1.37 bits per heavy atom. The lowest BCUT2D eigenvalue weighted by Crippen LogP contribution is -2.31. The largest absolute Gasteiger partial charge is 0.274 e. The summed E-state index contributed by atoms with van der Waals surface area (Å²) in [5.41, 5.74) is 0. The van der Waals surface area contributed by atoms with Crippen molar-refractivity contribution in [2.24, 2.45) is 11.8 Å². The Morgan fingerprint density at radius 3 is 2.58 bits per heavy atom. The zero-order valence-electron chi connectivity index (χ0n) is 11.5. The first-order valence-electron chi connectivity index (χ1n) is 6.27. The van der Waals surface area contributed by atoms with Crippen LogP contribution in [0.3, 0.4) is 0 Å². The van der Waals surface area contributed by atoms with Crippen LogP contribution in [0.5, 0.6) is 0 Å². The van der Waals surface area contributed by atoms with E-state index in [9.17, 15) is 13.2 Å². The molecule has 106 valence electrons. The molecule has 0 saturated heterocycles. The van der Waals surface area contributed by atoms with Gasteiger partial charge in [0.05, 0.1) is 0 Å². The van der Waals surface area contributed by atoms with E-state index >= 15 is 0 Å². The molecule has 1 unspecified atom stereocenters. The molecule has 0 fully saturated rings. The van der Waals surface area contributed by atoms with E-state index in [0.717, 1.165) is 6.42 Å². The summed E-state index contributed by atoms with van der Waals surface area (Å²) in [6.45, 7) is 6.08. The van der Waals surface area contributed by atoms with Crippen LogP contribution >= 0.6 is 0 Å². The molecule has 0 bridgehead atoms. The minimum Gasteiger partial charge on any atom is -0.274 e. The van der Waals surface area contributed by atoms with E-state index in [1.807, 2.05) is 6.92 Å². The van der Waals surface area contributed by atoms with Crippen LogP contribution in [-0.2, 0) is 14.8 Å². The molecule has 0 saturated carbocycles. The highest BCUT2D eigenvalue weighted by Crippen LogP contribution is 2.15. The minimum atomic E-state index is -3.80. The summed E-state index contributed by atoms with van der Waals surface area (Å²) in [6, 6.07) is 2.92. The van der Waals surface area contributed by atoms with Crippen LogP contribution in [0.4, 0.5) is 0 Å². The van der Waals surface area contributed by atoms with Crippen LogP contribution in [0.25, 0.3) is 0 Å². The number of rotatable bonds is 6. The van der Waals surface area contributed by atoms with Gasteiger partial charge in [-0.15, -0.1) is 0 Å². The highest BCUT2D eigenvalue weighted by molar-refractivity contribution is 7.90. The second-order valence-electron chi connectivity index (χ2n) is 5.16. The van der Waals surface area contributed by atoms with Gasteiger partial charge < -0.3 is 0 Å². The lowest BCUT2D eigenvalue weighted by molar-refractivity contribution is -0.120. The first-order chi connectivity index (χ1) is 8.81. The number of hydrogen-bond acceptors (Lipinski definition) is 4. The summed E-state index contributed by atoms with van der Waals surface area (Å²) < 4.78 is 25.8. The molecule has 0 aliphatic heterocycles. The monoisotopic (exact) mass is 284 g/mol. The van der Waals surface area contributed by atoms with Gasteiger partial charge in [-0.2, -0.15) is 0 Å². The third kappa shape index (κ3) is 5.38. The van der Waals surface area contributed by atoms with Crippen molar-refractivity contribution < 1.29 is 13.2 Å². The number of nitrogens with zero attached hydrogens (tertiary/aromatic N) is 1. The van der Waals surface area contributed by atoms with Crippen LogP contribution in [-0.4, -0.2) is 19.3 Å². The normalized spacial score (nSPS) is 13.3. The van der Waals surface area contributed by atoms with Crippen molar-refractivity contribution in [3.63, 3.8) is 0 Å². The van der Waals surface area contributed by atoms with Crippen LogP contribution in [0.2, 0.25) is 0 Å². The standard InChI is InChI=1S/C13H20N2O3S/c1-10(2)7-11(3)8-13(16)15-19(17,18)12-5-4-6-14-9-12/h4-6,9-11H,7-8H2,1-3H3,(H,15,16). The molecule has 5 nitrogen and oxygen atoms in total. The molecule has 1 atom stereocenters. The Morgan fingerprint density at radius 2 is 2.05 bits per heavy atom. The van der Waals surface area contributed by atoms with Crippen LogP contribution < -0.4 is 4.72 Å². The molecule has 1 N–H and O–H groups in total. The van der Waals surface area contributed by atoms with Crippen molar-refractivity contribution in [1.29, 1.82) is 0 Å². The Balaban J connectivity index is 2.62. The molecule has 1 aromatic rings. The van der Waals surface area contributed by atoms with E-state index in [-0.39, 0.29) is 17.2 Å². The molecule has 0 radical (unpaired) electrons. The maximum absolute atomic E-state index is 11.9. The number of carbonyl (C=O) groups excluding carboxylic acids is 1. The van der Waals surface area contributed by atoms with Crippen molar-refractivity contribution in [3.05, 3.63) is 24.5 Å². The van der Waals surface area contributed by atoms with E-state index in [1.54, 1.807) is 0 Å². The van der Waals surface area contributed by atoms with Gasteiger partial charge in [-0.1, -0.05) is 20.8 Å². The van der Waals surface area contributed by atoms with Gasteiger partial charge in [0.1, 0.15) is 4.90 Å². The van der Waals surface area contributed by atoms with E-state index in [2.05, 4.69) is 23.6 Å². The summed E-state index contributed by atoms with van der Waals surface area (Å²) in [5.74, 6) is 0.166. The smallest absolute Gasteiger partial charge is 0.265 e. The minimum absolute atomic E-state index is 0.000127.